The van der Waals surface area contributed by atoms with E-state index in [2.05, 4.69) is 5.32 Å². The van der Waals surface area contributed by atoms with E-state index in [4.69, 9.17) is 0 Å². The van der Waals surface area contributed by atoms with Crippen molar-refractivity contribution < 1.29 is 17.6 Å². The van der Waals surface area contributed by atoms with Crippen molar-refractivity contribution in [2.75, 3.05) is 13.1 Å². The molecule has 2 rings (SSSR count). The molecule has 1 heterocycles. The normalized spacial score (nSPS) is 19.2. The summed E-state index contributed by atoms with van der Waals surface area (Å²) < 4.78 is 51.7. The molecule has 16 heavy (non-hydrogen) atoms. The molecule has 1 aliphatic heterocycles. The number of hydrogen-bond acceptors (Lipinski definition) is 1. The van der Waals surface area contributed by atoms with Crippen molar-refractivity contribution in [3.63, 3.8) is 0 Å². The van der Waals surface area contributed by atoms with Crippen LogP contribution < -0.4 is 5.32 Å². The number of hydrogen-bond donors (Lipinski definition) is 1. The first-order valence-electron chi connectivity index (χ1n) is 5.01. The second kappa shape index (κ2) is 4.05. The summed E-state index contributed by atoms with van der Waals surface area (Å²) in [6.45, 7) is 0.876. The van der Waals surface area contributed by atoms with E-state index in [-0.39, 0.29) is 11.5 Å². The van der Waals surface area contributed by atoms with Gasteiger partial charge >= 0.3 is 6.18 Å². The fraction of sp³-hybridized carbons (Fsp3) is 0.455. The van der Waals surface area contributed by atoms with Crippen molar-refractivity contribution in [2.24, 2.45) is 5.92 Å². The summed E-state index contributed by atoms with van der Waals surface area (Å²) in [5, 5.41) is 2.85. The number of alkyl halides is 4. The maximum atomic E-state index is 13.8. The van der Waals surface area contributed by atoms with Gasteiger partial charge in [-0.3, -0.25) is 0 Å². The first-order chi connectivity index (χ1) is 7.50. The summed E-state index contributed by atoms with van der Waals surface area (Å²) in [5.41, 5.74) is -1.11. The maximum Gasteiger partial charge on any atom is 0.416 e. The molecule has 0 aromatic heterocycles. The van der Waals surface area contributed by atoms with Gasteiger partial charge in [0.2, 0.25) is 0 Å². The quantitative estimate of drug-likeness (QED) is 0.774. The lowest BCUT2D eigenvalue weighted by Crippen LogP contribution is -2.44. The molecule has 1 aromatic carbocycles. The SMILES string of the molecule is FC(c1ccccc1C(F)(F)F)C1CNC1. The molecule has 1 fully saturated rings. The summed E-state index contributed by atoms with van der Waals surface area (Å²) >= 11 is 0. The summed E-state index contributed by atoms with van der Waals surface area (Å²) in [6, 6.07) is 4.85. The van der Waals surface area contributed by atoms with Crippen LogP contribution in [-0.2, 0) is 6.18 Å². The Morgan fingerprint density at radius 2 is 1.81 bits per heavy atom. The van der Waals surface area contributed by atoms with Crippen molar-refractivity contribution in [3.8, 4) is 0 Å². The van der Waals surface area contributed by atoms with Crippen LogP contribution in [0.5, 0.6) is 0 Å². The molecule has 1 N–H and O–H groups in total. The van der Waals surface area contributed by atoms with Crippen LogP contribution in [0.4, 0.5) is 17.6 Å². The Bertz CT molecular complexity index is 370. The van der Waals surface area contributed by atoms with Gasteiger partial charge in [-0.25, -0.2) is 4.39 Å². The van der Waals surface area contributed by atoms with E-state index in [1.165, 1.54) is 18.2 Å². The first kappa shape index (κ1) is 11.4. The highest BCUT2D eigenvalue weighted by Gasteiger charge is 2.38. The molecule has 88 valence electrons. The molecule has 0 spiro atoms. The Morgan fingerprint density at radius 3 is 2.31 bits per heavy atom. The maximum absolute atomic E-state index is 13.8. The van der Waals surface area contributed by atoms with Gasteiger partial charge < -0.3 is 5.32 Å². The topological polar surface area (TPSA) is 12.0 Å². The average Bonchev–Trinajstić information content (AvgIpc) is 2.13. The molecule has 1 unspecified atom stereocenters. The second-order valence-corrected chi connectivity index (χ2v) is 3.91. The van der Waals surface area contributed by atoms with Gasteiger partial charge in [-0.15, -0.1) is 0 Å². The number of halogens is 4. The van der Waals surface area contributed by atoms with E-state index < -0.39 is 17.9 Å². The highest BCUT2D eigenvalue weighted by Crippen LogP contribution is 2.38. The Labute approximate surface area is 90.5 Å². The number of nitrogens with one attached hydrogen (secondary N) is 1. The summed E-state index contributed by atoms with van der Waals surface area (Å²) in [7, 11) is 0. The van der Waals surface area contributed by atoms with Crippen LogP contribution in [0.3, 0.4) is 0 Å². The zero-order valence-corrected chi connectivity index (χ0v) is 8.39. The van der Waals surface area contributed by atoms with E-state index in [0.29, 0.717) is 13.1 Å². The van der Waals surface area contributed by atoms with Crippen LogP contribution in [-0.4, -0.2) is 13.1 Å². The smallest absolute Gasteiger partial charge is 0.316 e. The zero-order valence-electron chi connectivity index (χ0n) is 8.39. The van der Waals surface area contributed by atoms with Gasteiger partial charge in [-0.2, -0.15) is 13.2 Å². The van der Waals surface area contributed by atoms with Crippen LogP contribution in [0.1, 0.15) is 17.3 Å². The van der Waals surface area contributed by atoms with Crippen LogP contribution in [0.15, 0.2) is 24.3 Å². The molecule has 0 saturated carbocycles. The fourth-order valence-electron chi connectivity index (χ4n) is 1.77. The van der Waals surface area contributed by atoms with Crippen LogP contribution in [0, 0.1) is 5.92 Å². The van der Waals surface area contributed by atoms with E-state index >= 15 is 0 Å². The minimum atomic E-state index is -4.49. The highest BCUT2D eigenvalue weighted by atomic mass is 19.4. The van der Waals surface area contributed by atoms with E-state index in [9.17, 15) is 17.6 Å². The third-order valence-corrected chi connectivity index (χ3v) is 2.79. The predicted molar refractivity (Wildman–Crippen MR) is 51.7 cm³/mol. The van der Waals surface area contributed by atoms with Crippen molar-refractivity contribution in [2.45, 2.75) is 12.3 Å². The van der Waals surface area contributed by atoms with Gasteiger partial charge in [0.25, 0.3) is 0 Å². The fourth-order valence-corrected chi connectivity index (χ4v) is 1.77. The molecule has 1 nitrogen and oxygen atoms in total. The Balaban J connectivity index is 2.32. The predicted octanol–water partition coefficient (Wildman–Crippen LogP) is 2.94. The molecule has 1 saturated heterocycles. The van der Waals surface area contributed by atoms with E-state index in [1.54, 1.807) is 0 Å². The van der Waals surface area contributed by atoms with E-state index in [1.807, 2.05) is 0 Å². The monoisotopic (exact) mass is 233 g/mol. The van der Waals surface area contributed by atoms with Crippen molar-refractivity contribution in [1.29, 1.82) is 0 Å². The molecule has 1 aliphatic rings. The third-order valence-electron chi connectivity index (χ3n) is 2.79. The molecule has 0 bridgehead atoms. The number of benzene rings is 1. The third kappa shape index (κ3) is 2.04. The molecule has 5 heteroatoms. The Kier molecular flexibility index (Phi) is 2.88. The molecule has 1 aromatic rings. The zero-order chi connectivity index (χ0) is 11.8. The number of rotatable bonds is 2. The highest BCUT2D eigenvalue weighted by molar-refractivity contribution is 5.32. The summed E-state index contributed by atoms with van der Waals surface area (Å²) in [4.78, 5) is 0. The summed E-state index contributed by atoms with van der Waals surface area (Å²) in [6.07, 6.45) is -6.03. The van der Waals surface area contributed by atoms with Crippen LogP contribution >= 0.6 is 0 Å². The van der Waals surface area contributed by atoms with Crippen LogP contribution in [0.2, 0.25) is 0 Å². The van der Waals surface area contributed by atoms with E-state index in [0.717, 1.165) is 6.07 Å². The first-order valence-corrected chi connectivity index (χ1v) is 5.01. The molecular weight excluding hydrogens is 222 g/mol. The minimum Gasteiger partial charge on any atom is -0.316 e. The largest absolute Gasteiger partial charge is 0.416 e. The van der Waals surface area contributed by atoms with Crippen molar-refractivity contribution in [3.05, 3.63) is 35.4 Å². The van der Waals surface area contributed by atoms with Gasteiger partial charge in [-0.05, 0) is 11.6 Å². The lowest BCUT2D eigenvalue weighted by molar-refractivity contribution is -0.139. The molecular formula is C11H11F4N. The van der Waals surface area contributed by atoms with Gasteiger partial charge in [0.05, 0.1) is 5.56 Å². The summed E-state index contributed by atoms with van der Waals surface area (Å²) in [5.74, 6) is -0.344. The molecule has 1 atom stereocenters. The minimum absolute atomic E-state index is 0.249. The van der Waals surface area contributed by atoms with Crippen LogP contribution in [0.25, 0.3) is 0 Å². The van der Waals surface area contributed by atoms with Gasteiger partial charge in [0, 0.05) is 19.0 Å². The Hall–Kier alpha value is -1.10. The Morgan fingerprint density at radius 1 is 1.19 bits per heavy atom. The standard InChI is InChI=1S/C11H11F4N/c12-10(7-5-16-6-7)8-3-1-2-4-9(8)11(13,14)15/h1-4,7,10,16H,5-6H2. The van der Waals surface area contributed by atoms with Gasteiger partial charge in [0.1, 0.15) is 6.17 Å². The molecule has 0 aliphatic carbocycles. The second-order valence-electron chi connectivity index (χ2n) is 3.91. The lowest BCUT2D eigenvalue weighted by Gasteiger charge is -2.31. The lowest BCUT2D eigenvalue weighted by atomic mass is 9.89. The van der Waals surface area contributed by atoms with Gasteiger partial charge in [-0.1, -0.05) is 18.2 Å². The molecule has 0 amide bonds. The van der Waals surface area contributed by atoms with Gasteiger partial charge in [0.15, 0.2) is 0 Å². The van der Waals surface area contributed by atoms with Crippen molar-refractivity contribution in [1.82, 2.24) is 5.32 Å². The average molecular weight is 233 g/mol. The molecule has 0 radical (unpaired) electrons. The van der Waals surface area contributed by atoms with Crippen molar-refractivity contribution >= 4 is 0 Å².